The van der Waals surface area contributed by atoms with Crippen LogP contribution in [0.1, 0.15) is 38.9 Å². The standard InChI is InChI=1S/C15H22O5S/c1-11(16)12-4-6-14(7-5-12)21(17,18)9-8-13-10-19-15(2,3)20-13/h4-7,11,13,16H,8-10H2,1-3H3/t11?,13-/m0/s1. The average Bonchev–Trinajstić information content (AvgIpc) is 2.76. The Bertz CT molecular complexity index is 575. The maximum Gasteiger partial charge on any atom is 0.178 e. The first-order chi connectivity index (χ1) is 9.70. The zero-order valence-electron chi connectivity index (χ0n) is 12.6. The molecule has 0 bridgehead atoms. The van der Waals surface area contributed by atoms with E-state index < -0.39 is 21.7 Å². The van der Waals surface area contributed by atoms with Crippen molar-refractivity contribution in [3.05, 3.63) is 29.8 Å². The number of sulfone groups is 1. The monoisotopic (exact) mass is 314 g/mol. The van der Waals surface area contributed by atoms with Gasteiger partial charge in [-0.15, -0.1) is 0 Å². The third-order valence-corrected chi connectivity index (χ3v) is 5.26. The lowest BCUT2D eigenvalue weighted by atomic mass is 10.1. The average molecular weight is 314 g/mol. The summed E-state index contributed by atoms with van der Waals surface area (Å²) in [5.41, 5.74) is 0.697. The van der Waals surface area contributed by atoms with Crippen molar-refractivity contribution in [3.8, 4) is 0 Å². The molecular weight excluding hydrogens is 292 g/mol. The lowest BCUT2D eigenvalue weighted by molar-refractivity contribution is -0.138. The molecule has 2 rings (SSSR count). The first-order valence-corrected chi connectivity index (χ1v) is 8.67. The van der Waals surface area contributed by atoms with Crippen LogP contribution in [-0.2, 0) is 19.3 Å². The van der Waals surface area contributed by atoms with Crippen molar-refractivity contribution in [3.63, 3.8) is 0 Å². The molecule has 5 nitrogen and oxygen atoms in total. The summed E-state index contributed by atoms with van der Waals surface area (Å²) in [6.07, 6.45) is -0.385. The summed E-state index contributed by atoms with van der Waals surface area (Å²) in [7, 11) is -3.34. The van der Waals surface area contributed by atoms with E-state index in [4.69, 9.17) is 9.47 Å². The molecule has 0 saturated carbocycles. The summed E-state index contributed by atoms with van der Waals surface area (Å²) < 4.78 is 35.6. The summed E-state index contributed by atoms with van der Waals surface area (Å²) in [6.45, 7) is 5.69. The van der Waals surface area contributed by atoms with Crippen molar-refractivity contribution in [2.45, 2.75) is 50.1 Å². The molecule has 0 radical (unpaired) electrons. The largest absolute Gasteiger partial charge is 0.389 e. The van der Waals surface area contributed by atoms with Gasteiger partial charge >= 0.3 is 0 Å². The number of rotatable bonds is 5. The second kappa shape index (κ2) is 6.04. The minimum atomic E-state index is -3.34. The molecule has 2 atom stereocenters. The van der Waals surface area contributed by atoms with Crippen LogP contribution in [0.25, 0.3) is 0 Å². The molecule has 0 aliphatic carbocycles. The van der Waals surface area contributed by atoms with E-state index in [1.165, 1.54) is 12.1 Å². The van der Waals surface area contributed by atoms with Crippen molar-refractivity contribution < 1.29 is 23.0 Å². The predicted octanol–water partition coefficient (Wildman–Crippen LogP) is 2.06. The molecule has 1 N–H and O–H groups in total. The van der Waals surface area contributed by atoms with E-state index in [-0.39, 0.29) is 16.8 Å². The number of hydrogen-bond donors (Lipinski definition) is 1. The fourth-order valence-corrected chi connectivity index (χ4v) is 3.62. The Morgan fingerprint density at radius 3 is 2.43 bits per heavy atom. The molecule has 1 unspecified atom stereocenters. The van der Waals surface area contributed by atoms with Gasteiger partial charge in [0, 0.05) is 0 Å². The maximum atomic E-state index is 12.3. The molecule has 1 fully saturated rings. The van der Waals surface area contributed by atoms with Gasteiger partial charge in [-0.3, -0.25) is 0 Å². The molecule has 0 aromatic heterocycles. The Balaban J connectivity index is 1.98. The minimum Gasteiger partial charge on any atom is -0.389 e. The van der Waals surface area contributed by atoms with Gasteiger partial charge in [0.15, 0.2) is 15.6 Å². The molecule has 1 aromatic rings. The Hall–Kier alpha value is -0.950. The van der Waals surface area contributed by atoms with Crippen molar-refractivity contribution in [2.75, 3.05) is 12.4 Å². The molecule has 1 aliphatic heterocycles. The van der Waals surface area contributed by atoms with Gasteiger partial charge in [0.1, 0.15) is 0 Å². The molecule has 1 aromatic carbocycles. The van der Waals surface area contributed by atoms with Crippen LogP contribution in [0.3, 0.4) is 0 Å². The summed E-state index contributed by atoms with van der Waals surface area (Å²) in [4.78, 5) is 0.269. The summed E-state index contributed by atoms with van der Waals surface area (Å²) >= 11 is 0. The summed E-state index contributed by atoms with van der Waals surface area (Å²) in [5.74, 6) is -0.613. The van der Waals surface area contributed by atoms with Gasteiger partial charge < -0.3 is 14.6 Å². The lowest BCUT2D eigenvalue weighted by Gasteiger charge is -2.17. The Morgan fingerprint density at radius 1 is 1.33 bits per heavy atom. The minimum absolute atomic E-state index is 0.0190. The maximum absolute atomic E-state index is 12.3. The molecular formula is C15H22O5S. The topological polar surface area (TPSA) is 72.8 Å². The van der Waals surface area contributed by atoms with Gasteiger partial charge in [0.25, 0.3) is 0 Å². The van der Waals surface area contributed by atoms with Gasteiger partial charge in [-0.2, -0.15) is 0 Å². The molecule has 6 heteroatoms. The molecule has 21 heavy (non-hydrogen) atoms. The Labute approximate surface area is 125 Å². The molecule has 1 heterocycles. The highest BCUT2D eigenvalue weighted by atomic mass is 32.2. The van der Waals surface area contributed by atoms with E-state index in [1.807, 2.05) is 13.8 Å². The van der Waals surface area contributed by atoms with Gasteiger partial charge in [-0.25, -0.2) is 8.42 Å². The number of ether oxygens (including phenoxy) is 2. The van der Waals surface area contributed by atoms with Gasteiger partial charge in [-0.1, -0.05) is 12.1 Å². The molecule has 118 valence electrons. The molecule has 0 amide bonds. The van der Waals surface area contributed by atoms with Crippen LogP contribution in [-0.4, -0.2) is 37.8 Å². The lowest BCUT2D eigenvalue weighted by Crippen LogP contribution is -2.23. The van der Waals surface area contributed by atoms with Crippen LogP contribution >= 0.6 is 0 Å². The van der Waals surface area contributed by atoms with E-state index >= 15 is 0 Å². The zero-order chi connectivity index (χ0) is 15.7. The van der Waals surface area contributed by atoms with Crippen LogP contribution in [0.15, 0.2) is 29.2 Å². The third-order valence-electron chi connectivity index (χ3n) is 3.50. The zero-order valence-corrected chi connectivity index (χ0v) is 13.4. The molecule has 1 saturated heterocycles. The van der Waals surface area contributed by atoms with Crippen molar-refractivity contribution in [2.24, 2.45) is 0 Å². The Kier molecular flexibility index (Phi) is 4.72. The Morgan fingerprint density at radius 2 is 1.95 bits per heavy atom. The first kappa shape index (κ1) is 16.4. The number of hydrogen-bond acceptors (Lipinski definition) is 5. The van der Waals surface area contributed by atoms with Crippen LogP contribution < -0.4 is 0 Å². The predicted molar refractivity (Wildman–Crippen MR) is 78.6 cm³/mol. The van der Waals surface area contributed by atoms with E-state index in [2.05, 4.69) is 0 Å². The second-order valence-corrected chi connectivity index (χ2v) is 7.91. The highest BCUT2D eigenvalue weighted by molar-refractivity contribution is 7.91. The van der Waals surface area contributed by atoms with E-state index in [0.29, 0.717) is 18.6 Å². The summed E-state index contributed by atoms with van der Waals surface area (Å²) in [5, 5.41) is 9.43. The van der Waals surface area contributed by atoms with Crippen LogP contribution in [0, 0.1) is 0 Å². The fourth-order valence-electron chi connectivity index (χ4n) is 2.26. The molecule has 1 aliphatic rings. The second-order valence-electron chi connectivity index (χ2n) is 5.80. The highest BCUT2D eigenvalue weighted by Gasteiger charge is 2.33. The fraction of sp³-hybridized carbons (Fsp3) is 0.600. The van der Waals surface area contributed by atoms with Crippen molar-refractivity contribution in [1.82, 2.24) is 0 Å². The van der Waals surface area contributed by atoms with E-state index in [1.54, 1.807) is 19.1 Å². The van der Waals surface area contributed by atoms with Crippen molar-refractivity contribution >= 4 is 9.84 Å². The van der Waals surface area contributed by atoms with Crippen LogP contribution in [0.5, 0.6) is 0 Å². The van der Waals surface area contributed by atoms with Gasteiger partial charge in [0.2, 0.25) is 0 Å². The number of aliphatic hydroxyl groups is 1. The smallest absolute Gasteiger partial charge is 0.178 e. The van der Waals surface area contributed by atoms with Crippen molar-refractivity contribution in [1.29, 1.82) is 0 Å². The quantitative estimate of drug-likeness (QED) is 0.900. The number of benzene rings is 1. The first-order valence-electron chi connectivity index (χ1n) is 7.02. The highest BCUT2D eigenvalue weighted by Crippen LogP contribution is 2.25. The van der Waals surface area contributed by atoms with Crippen LogP contribution in [0.2, 0.25) is 0 Å². The number of aliphatic hydroxyl groups excluding tert-OH is 1. The third kappa shape index (κ3) is 4.26. The molecule has 0 spiro atoms. The summed E-state index contributed by atoms with van der Waals surface area (Å²) in [6, 6.07) is 6.34. The van der Waals surface area contributed by atoms with Crippen LogP contribution in [0.4, 0.5) is 0 Å². The normalized spacial score (nSPS) is 23.1. The van der Waals surface area contributed by atoms with Gasteiger partial charge in [0.05, 0.1) is 29.5 Å². The van der Waals surface area contributed by atoms with E-state index in [0.717, 1.165) is 0 Å². The van der Waals surface area contributed by atoms with Gasteiger partial charge in [-0.05, 0) is 44.9 Å². The van der Waals surface area contributed by atoms with E-state index in [9.17, 15) is 13.5 Å². The SMILES string of the molecule is CC(O)c1ccc(S(=O)(=O)CC[C@H]2COC(C)(C)O2)cc1.